The summed E-state index contributed by atoms with van der Waals surface area (Å²) in [6, 6.07) is 0. The van der Waals surface area contributed by atoms with Crippen molar-refractivity contribution in [2.75, 3.05) is 13.2 Å². The average molecular weight is 284 g/mol. The summed E-state index contributed by atoms with van der Waals surface area (Å²) >= 11 is 0. The number of rotatable bonds is 11. The molecule has 2 nitrogen and oxygen atoms in total. The van der Waals surface area contributed by atoms with Crippen LogP contribution in [0.15, 0.2) is 0 Å². The maximum Gasteiger partial charge on any atom is 0.0670 e. The van der Waals surface area contributed by atoms with Gasteiger partial charge in [-0.05, 0) is 25.7 Å². The Kier molecular flexibility index (Phi) is 10.4. The van der Waals surface area contributed by atoms with Gasteiger partial charge in [0.2, 0.25) is 0 Å². The normalized spacial score (nSPS) is 23.7. The fourth-order valence-corrected chi connectivity index (χ4v) is 3.18. The zero-order chi connectivity index (χ0) is 14.5. The van der Waals surface area contributed by atoms with Crippen molar-refractivity contribution in [2.24, 2.45) is 0 Å². The fraction of sp³-hybridized carbons (Fsp3) is 1.00. The lowest BCUT2D eigenvalue weighted by Gasteiger charge is -2.25. The van der Waals surface area contributed by atoms with Gasteiger partial charge in [0.25, 0.3) is 0 Å². The highest BCUT2D eigenvalue weighted by Crippen LogP contribution is 2.27. The lowest BCUT2D eigenvalue weighted by Crippen LogP contribution is -2.28. The van der Waals surface area contributed by atoms with Gasteiger partial charge >= 0.3 is 0 Å². The van der Waals surface area contributed by atoms with Crippen LogP contribution in [0.3, 0.4) is 0 Å². The molecule has 0 aromatic carbocycles. The largest absolute Gasteiger partial charge is 0.390 e. The first kappa shape index (κ1) is 18.0. The SMILES string of the molecule is CCCCCCCCCCCCC1(O)CCCOCC1. The van der Waals surface area contributed by atoms with Gasteiger partial charge in [-0.3, -0.25) is 0 Å². The van der Waals surface area contributed by atoms with Crippen LogP contribution in [0, 0.1) is 0 Å². The molecule has 0 bridgehead atoms. The molecule has 2 heteroatoms. The highest BCUT2D eigenvalue weighted by Gasteiger charge is 2.27. The van der Waals surface area contributed by atoms with E-state index in [-0.39, 0.29) is 0 Å². The third-order valence-electron chi connectivity index (χ3n) is 4.64. The molecule has 1 heterocycles. The van der Waals surface area contributed by atoms with E-state index in [4.69, 9.17) is 4.74 Å². The van der Waals surface area contributed by atoms with Crippen molar-refractivity contribution in [3.8, 4) is 0 Å². The lowest BCUT2D eigenvalue weighted by atomic mass is 9.89. The first-order chi connectivity index (χ1) is 9.77. The predicted octanol–water partition coefficient (Wildman–Crippen LogP) is 5.23. The van der Waals surface area contributed by atoms with E-state index in [0.717, 1.165) is 38.9 Å². The van der Waals surface area contributed by atoms with Crippen molar-refractivity contribution < 1.29 is 9.84 Å². The lowest BCUT2D eigenvalue weighted by molar-refractivity contribution is 0.00844. The third kappa shape index (κ3) is 8.97. The molecule has 1 fully saturated rings. The molecule has 0 aliphatic carbocycles. The van der Waals surface area contributed by atoms with Crippen LogP contribution >= 0.6 is 0 Å². The summed E-state index contributed by atoms with van der Waals surface area (Å²) in [4.78, 5) is 0. The summed E-state index contributed by atoms with van der Waals surface area (Å²) in [5, 5.41) is 10.5. The Labute approximate surface area is 126 Å². The van der Waals surface area contributed by atoms with Crippen LogP contribution in [-0.2, 0) is 4.74 Å². The molecule has 1 N–H and O–H groups in total. The molecule has 1 atom stereocenters. The molecule has 0 aromatic rings. The number of ether oxygens (including phenoxy) is 1. The minimum absolute atomic E-state index is 0.420. The van der Waals surface area contributed by atoms with Gasteiger partial charge in [0.05, 0.1) is 5.60 Å². The molecular formula is C18H36O2. The number of unbranched alkanes of at least 4 members (excludes halogenated alkanes) is 9. The van der Waals surface area contributed by atoms with Crippen molar-refractivity contribution in [2.45, 2.75) is 102 Å². The Balaban J connectivity index is 1.88. The van der Waals surface area contributed by atoms with Crippen molar-refractivity contribution in [3.63, 3.8) is 0 Å². The smallest absolute Gasteiger partial charge is 0.0670 e. The highest BCUT2D eigenvalue weighted by atomic mass is 16.5. The zero-order valence-electron chi connectivity index (χ0n) is 13.7. The van der Waals surface area contributed by atoms with E-state index in [1.54, 1.807) is 0 Å². The predicted molar refractivity (Wildman–Crippen MR) is 86.1 cm³/mol. The second-order valence-corrected chi connectivity index (χ2v) is 6.62. The molecule has 1 aliphatic rings. The van der Waals surface area contributed by atoms with E-state index >= 15 is 0 Å². The van der Waals surface area contributed by atoms with E-state index in [0.29, 0.717) is 0 Å². The van der Waals surface area contributed by atoms with Gasteiger partial charge in [-0.1, -0.05) is 71.1 Å². The van der Waals surface area contributed by atoms with Gasteiger partial charge in [-0.2, -0.15) is 0 Å². The zero-order valence-corrected chi connectivity index (χ0v) is 13.7. The Bertz CT molecular complexity index is 207. The average Bonchev–Trinajstić information content (AvgIpc) is 2.66. The number of aliphatic hydroxyl groups is 1. The summed E-state index contributed by atoms with van der Waals surface area (Å²) in [6.45, 7) is 3.85. The van der Waals surface area contributed by atoms with Gasteiger partial charge in [0.15, 0.2) is 0 Å². The monoisotopic (exact) mass is 284 g/mol. The molecule has 0 amide bonds. The third-order valence-corrected chi connectivity index (χ3v) is 4.64. The summed E-state index contributed by atoms with van der Waals surface area (Å²) < 4.78 is 5.43. The molecule has 0 saturated carbocycles. The van der Waals surface area contributed by atoms with Crippen molar-refractivity contribution >= 4 is 0 Å². The Morgan fingerprint density at radius 2 is 1.40 bits per heavy atom. The van der Waals surface area contributed by atoms with E-state index < -0.39 is 5.60 Å². The van der Waals surface area contributed by atoms with Gasteiger partial charge in [0.1, 0.15) is 0 Å². The molecule has 20 heavy (non-hydrogen) atoms. The van der Waals surface area contributed by atoms with Gasteiger partial charge < -0.3 is 9.84 Å². The van der Waals surface area contributed by atoms with Crippen LogP contribution in [0.5, 0.6) is 0 Å². The van der Waals surface area contributed by atoms with Crippen LogP contribution in [0.25, 0.3) is 0 Å². The Morgan fingerprint density at radius 1 is 0.800 bits per heavy atom. The second-order valence-electron chi connectivity index (χ2n) is 6.62. The molecule has 1 aliphatic heterocycles. The number of hydrogen-bond acceptors (Lipinski definition) is 2. The number of hydrogen-bond donors (Lipinski definition) is 1. The first-order valence-electron chi connectivity index (χ1n) is 9.07. The summed E-state index contributed by atoms with van der Waals surface area (Å²) in [7, 11) is 0. The molecular weight excluding hydrogens is 248 g/mol. The van der Waals surface area contributed by atoms with Crippen LogP contribution in [0.2, 0.25) is 0 Å². The molecule has 1 unspecified atom stereocenters. The Morgan fingerprint density at radius 3 is 2.05 bits per heavy atom. The molecule has 120 valence electrons. The first-order valence-corrected chi connectivity index (χ1v) is 9.07. The van der Waals surface area contributed by atoms with Crippen molar-refractivity contribution in [1.82, 2.24) is 0 Å². The summed E-state index contributed by atoms with van der Waals surface area (Å²) in [5.74, 6) is 0. The maximum atomic E-state index is 10.5. The van der Waals surface area contributed by atoms with Crippen LogP contribution in [0.1, 0.15) is 96.8 Å². The van der Waals surface area contributed by atoms with Gasteiger partial charge in [-0.15, -0.1) is 0 Å². The molecule has 0 spiro atoms. The molecule has 0 aromatic heterocycles. The van der Waals surface area contributed by atoms with Crippen LogP contribution in [-0.4, -0.2) is 23.9 Å². The minimum Gasteiger partial charge on any atom is -0.390 e. The fourth-order valence-electron chi connectivity index (χ4n) is 3.18. The van der Waals surface area contributed by atoms with E-state index in [9.17, 15) is 5.11 Å². The summed E-state index contributed by atoms with van der Waals surface area (Å²) in [5.41, 5.74) is -0.420. The topological polar surface area (TPSA) is 29.5 Å². The minimum atomic E-state index is -0.420. The van der Waals surface area contributed by atoms with Crippen molar-refractivity contribution in [3.05, 3.63) is 0 Å². The second kappa shape index (κ2) is 11.6. The maximum absolute atomic E-state index is 10.5. The quantitative estimate of drug-likeness (QED) is 0.526. The van der Waals surface area contributed by atoms with Crippen LogP contribution < -0.4 is 0 Å². The van der Waals surface area contributed by atoms with Crippen molar-refractivity contribution in [1.29, 1.82) is 0 Å². The van der Waals surface area contributed by atoms with Crippen LogP contribution in [0.4, 0.5) is 0 Å². The standard InChI is InChI=1S/C18H36O2/c1-2-3-4-5-6-7-8-9-10-11-13-18(19)14-12-16-20-17-15-18/h19H,2-17H2,1H3. The molecule has 1 rings (SSSR count). The summed E-state index contributed by atoms with van der Waals surface area (Å²) in [6.07, 6.45) is 17.4. The van der Waals surface area contributed by atoms with Gasteiger partial charge in [-0.25, -0.2) is 0 Å². The molecule has 1 saturated heterocycles. The van der Waals surface area contributed by atoms with Gasteiger partial charge in [0, 0.05) is 13.2 Å². The highest BCUT2D eigenvalue weighted by molar-refractivity contribution is 4.79. The van der Waals surface area contributed by atoms with E-state index in [1.807, 2.05) is 0 Å². The van der Waals surface area contributed by atoms with E-state index in [2.05, 4.69) is 6.92 Å². The van der Waals surface area contributed by atoms with E-state index in [1.165, 1.54) is 64.2 Å². The molecule has 0 radical (unpaired) electrons. The Hall–Kier alpha value is -0.0800.